The van der Waals surface area contributed by atoms with E-state index in [1.165, 1.54) is 0 Å². The molecule has 28 heavy (non-hydrogen) atoms. The van der Waals surface area contributed by atoms with Gasteiger partial charge in [-0.3, -0.25) is 4.79 Å². The lowest BCUT2D eigenvalue weighted by Gasteiger charge is -2.26. The number of amides is 1. The predicted octanol–water partition coefficient (Wildman–Crippen LogP) is 4.30. The number of piperidine rings is 1. The number of hydrogen-bond donors (Lipinski definition) is 1. The summed E-state index contributed by atoms with van der Waals surface area (Å²) in [5.41, 5.74) is 2.51. The number of sulfonamides is 1. The quantitative estimate of drug-likeness (QED) is 0.786. The topological polar surface area (TPSA) is 66.5 Å². The molecule has 0 radical (unpaired) electrons. The van der Waals surface area contributed by atoms with Crippen molar-refractivity contribution in [3.8, 4) is 0 Å². The van der Waals surface area contributed by atoms with Gasteiger partial charge in [-0.05, 0) is 48.9 Å². The van der Waals surface area contributed by atoms with Gasteiger partial charge in [-0.1, -0.05) is 49.7 Å². The molecular weight excluding hydrogens is 372 g/mol. The largest absolute Gasteiger partial charge is 0.326 e. The average molecular weight is 401 g/mol. The standard InChI is InChI=1S/C22H28N2O3S/c1-17-11-12-20(28(26,27)24-13-7-4-8-14-24)16-21(17)23-22(25)15-18(2)19-9-5-3-6-10-19/h3,5-6,9-12,16,18H,4,7-8,13-15H2,1-2H3,(H,23,25)/t18-/m0/s1. The summed E-state index contributed by atoms with van der Waals surface area (Å²) in [6.45, 7) is 5.01. The molecule has 0 aromatic heterocycles. The molecule has 2 aromatic carbocycles. The van der Waals surface area contributed by atoms with E-state index in [0.717, 1.165) is 30.4 Å². The summed E-state index contributed by atoms with van der Waals surface area (Å²) >= 11 is 0. The van der Waals surface area contributed by atoms with E-state index in [9.17, 15) is 13.2 Å². The van der Waals surface area contributed by atoms with Crippen LogP contribution in [0.1, 0.15) is 49.7 Å². The number of carbonyl (C=O) groups is 1. The van der Waals surface area contributed by atoms with E-state index in [-0.39, 0.29) is 16.7 Å². The normalized spacial score (nSPS) is 16.5. The Labute approximate surface area is 167 Å². The van der Waals surface area contributed by atoms with E-state index in [1.54, 1.807) is 22.5 Å². The van der Waals surface area contributed by atoms with Crippen LogP contribution < -0.4 is 5.32 Å². The molecule has 1 saturated heterocycles. The van der Waals surface area contributed by atoms with Gasteiger partial charge in [-0.25, -0.2) is 8.42 Å². The third-order valence-electron chi connectivity index (χ3n) is 5.30. The van der Waals surface area contributed by atoms with Crippen molar-refractivity contribution in [1.29, 1.82) is 0 Å². The number of rotatable bonds is 6. The van der Waals surface area contributed by atoms with Crippen molar-refractivity contribution in [2.75, 3.05) is 18.4 Å². The van der Waals surface area contributed by atoms with Gasteiger partial charge in [0.2, 0.25) is 15.9 Å². The molecule has 6 heteroatoms. The Hall–Kier alpha value is -2.18. The maximum atomic E-state index is 12.9. The first kappa shape index (κ1) is 20.6. The molecule has 2 aromatic rings. The van der Waals surface area contributed by atoms with Crippen LogP contribution in [0, 0.1) is 6.92 Å². The highest BCUT2D eigenvalue weighted by Gasteiger charge is 2.26. The Morgan fingerprint density at radius 3 is 2.43 bits per heavy atom. The van der Waals surface area contributed by atoms with Gasteiger partial charge >= 0.3 is 0 Å². The van der Waals surface area contributed by atoms with Crippen LogP contribution in [0.2, 0.25) is 0 Å². The number of carbonyl (C=O) groups excluding carboxylic acids is 1. The minimum atomic E-state index is -3.52. The number of anilines is 1. The Balaban J connectivity index is 1.73. The lowest BCUT2D eigenvalue weighted by Crippen LogP contribution is -2.35. The summed E-state index contributed by atoms with van der Waals surface area (Å²) in [6.07, 6.45) is 3.20. The molecule has 1 aliphatic heterocycles. The second-order valence-corrected chi connectivity index (χ2v) is 9.44. The van der Waals surface area contributed by atoms with E-state index >= 15 is 0 Å². The Kier molecular flexibility index (Phi) is 6.52. The van der Waals surface area contributed by atoms with Crippen LogP contribution in [-0.4, -0.2) is 31.7 Å². The average Bonchev–Trinajstić information content (AvgIpc) is 2.70. The minimum Gasteiger partial charge on any atom is -0.326 e. The van der Waals surface area contributed by atoms with Crippen LogP contribution in [0.4, 0.5) is 5.69 Å². The maximum Gasteiger partial charge on any atom is 0.243 e. The zero-order valence-electron chi connectivity index (χ0n) is 16.5. The van der Waals surface area contributed by atoms with E-state index in [0.29, 0.717) is 25.2 Å². The molecule has 1 aliphatic rings. The van der Waals surface area contributed by atoms with Crippen molar-refractivity contribution in [3.63, 3.8) is 0 Å². The summed E-state index contributed by atoms with van der Waals surface area (Å²) in [4.78, 5) is 12.8. The fourth-order valence-corrected chi connectivity index (χ4v) is 5.07. The molecule has 1 amide bonds. The van der Waals surface area contributed by atoms with Crippen LogP contribution in [0.15, 0.2) is 53.4 Å². The zero-order chi connectivity index (χ0) is 20.1. The lowest BCUT2D eigenvalue weighted by atomic mass is 9.97. The Morgan fingerprint density at radius 2 is 1.75 bits per heavy atom. The van der Waals surface area contributed by atoms with Gasteiger partial charge < -0.3 is 5.32 Å². The van der Waals surface area contributed by atoms with Gasteiger partial charge in [0.15, 0.2) is 0 Å². The third kappa shape index (κ3) is 4.80. The summed E-state index contributed by atoms with van der Waals surface area (Å²) in [7, 11) is -3.52. The molecule has 1 atom stereocenters. The molecule has 1 N–H and O–H groups in total. The van der Waals surface area contributed by atoms with Gasteiger partial charge in [-0.15, -0.1) is 0 Å². The van der Waals surface area contributed by atoms with Crippen molar-refractivity contribution in [2.24, 2.45) is 0 Å². The first-order valence-electron chi connectivity index (χ1n) is 9.83. The Morgan fingerprint density at radius 1 is 1.07 bits per heavy atom. The second-order valence-electron chi connectivity index (χ2n) is 7.51. The van der Waals surface area contributed by atoms with Crippen LogP contribution in [0.3, 0.4) is 0 Å². The summed E-state index contributed by atoms with van der Waals surface area (Å²) in [6, 6.07) is 14.9. The zero-order valence-corrected chi connectivity index (χ0v) is 17.3. The van der Waals surface area contributed by atoms with Crippen LogP contribution in [0.5, 0.6) is 0 Å². The number of benzene rings is 2. The first-order chi connectivity index (χ1) is 13.4. The molecular formula is C22H28N2O3S. The SMILES string of the molecule is Cc1ccc(S(=O)(=O)N2CCCCC2)cc1NC(=O)C[C@H](C)c1ccccc1. The van der Waals surface area contributed by atoms with Gasteiger partial charge in [-0.2, -0.15) is 4.31 Å². The van der Waals surface area contributed by atoms with E-state index in [4.69, 9.17) is 0 Å². The highest BCUT2D eigenvalue weighted by molar-refractivity contribution is 7.89. The highest BCUT2D eigenvalue weighted by Crippen LogP contribution is 2.26. The summed E-state index contributed by atoms with van der Waals surface area (Å²) in [5, 5.41) is 2.90. The first-order valence-corrected chi connectivity index (χ1v) is 11.3. The molecule has 0 aliphatic carbocycles. The number of nitrogens with zero attached hydrogens (tertiary/aromatic N) is 1. The van der Waals surface area contributed by atoms with E-state index in [2.05, 4.69) is 5.32 Å². The maximum absolute atomic E-state index is 12.9. The van der Waals surface area contributed by atoms with Crippen molar-refractivity contribution in [3.05, 3.63) is 59.7 Å². The molecule has 0 unspecified atom stereocenters. The number of nitrogens with one attached hydrogen (secondary N) is 1. The number of aryl methyl sites for hydroxylation is 1. The monoisotopic (exact) mass is 400 g/mol. The molecule has 150 valence electrons. The van der Waals surface area contributed by atoms with Crippen LogP contribution in [-0.2, 0) is 14.8 Å². The lowest BCUT2D eigenvalue weighted by molar-refractivity contribution is -0.116. The van der Waals surface area contributed by atoms with Crippen molar-refractivity contribution in [1.82, 2.24) is 4.31 Å². The van der Waals surface area contributed by atoms with Gasteiger partial charge in [0.1, 0.15) is 0 Å². The van der Waals surface area contributed by atoms with Crippen molar-refractivity contribution < 1.29 is 13.2 Å². The van der Waals surface area contributed by atoms with Gasteiger partial charge in [0.25, 0.3) is 0 Å². The second kappa shape index (κ2) is 8.88. The van der Waals surface area contributed by atoms with Crippen LogP contribution >= 0.6 is 0 Å². The fraction of sp³-hybridized carbons (Fsp3) is 0.409. The van der Waals surface area contributed by atoms with Crippen LogP contribution in [0.25, 0.3) is 0 Å². The van der Waals surface area contributed by atoms with Crippen molar-refractivity contribution in [2.45, 2.75) is 50.3 Å². The Bertz CT molecular complexity index is 920. The summed E-state index contributed by atoms with van der Waals surface area (Å²) < 4.78 is 27.4. The van der Waals surface area contributed by atoms with E-state index in [1.807, 2.05) is 44.2 Å². The molecule has 0 spiro atoms. The van der Waals surface area contributed by atoms with E-state index < -0.39 is 10.0 Å². The number of hydrogen-bond acceptors (Lipinski definition) is 3. The van der Waals surface area contributed by atoms with Gasteiger partial charge in [0, 0.05) is 25.2 Å². The summed E-state index contributed by atoms with van der Waals surface area (Å²) in [5.74, 6) is -0.0336. The predicted molar refractivity (Wildman–Crippen MR) is 112 cm³/mol. The molecule has 5 nitrogen and oxygen atoms in total. The van der Waals surface area contributed by atoms with Gasteiger partial charge in [0.05, 0.1) is 4.90 Å². The molecule has 1 heterocycles. The third-order valence-corrected chi connectivity index (χ3v) is 7.19. The molecule has 0 saturated carbocycles. The molecule has 0 bridgehead atoms. The highest BCUT2D eigenvalue weighted by atomic mass is 32.2. The van der Waals surface area contributed by atoms with Crippen molar-refractivity contribution >= 4 is 21.6 Å². The molecule has 1 fully saturated rings. The molecule has 3 rings (SSSR count). The fourth-order valence-electron chi connectivity index (χ4n) is 3.53. The smallest absolute Gasteiger partial charge is 0.243 e. The minimum absolute atomic E-state index is 0.0850.